The van der Waals surface area contributed by atoms with E-state index in [0.717, 1.165) is 12.3 Å². The van der Waals surface area contributed by atoms with Crippen LogP contribution in [0.5, 0.6) is 5.75 Å². The molecule has 0 spiro atoms. The van der Waals surface area contributed by atoms with Crippen LogP contribution in [0.3, 0.4) is 0 Å². The van der Waals surface area contributed by atoms with Gasteiger partial charge in [0.1, 0.15) is 5.75 Å². The van der Waals surface area contributed by atoms with Gasteiger partial charge < -0.3 is 10.1 Å². The Morgan fingerprint density at radius 1 is 1.31 bits per heavy atom. The Labute approximate surface area is 103 Å². The summed E-state index contributed by atoms with van der Waals surface area (Å²) in [5.74, 6) is 0.753. The third-order valence-corrected chi connectivity index (χ3v) is 2.41. The number of ether oxygens (including phenoxy) is 1. The minimum absolute atomic E-state index is 0.116. The van der Waals surface area contributed by atoms with Gasteiger partial charge in [0.2, 0.25) is 0 Å². The van der Waals surface area contributed by atoms with Crippen molar-refractivity contribution in [3.8, 4) is 5.75 Å². The summed E-state index contributed by atoms with van der Waals surface area (Å²) in [6, 6.07) is 5.91. The number of benzene rings is 1. The van der Waals surface area contributed by atoms with Crippen LogP contribution in [0.1, 0.15) is 33.3 Å². The van der Waals surface area contributed by atoms with Crippen molar-refractivity contribution in [3.05, 3.63) is 28.8 Å². The smallest absolute Gasteiger partial charge is 0.137 e. The van der Waals surface area contributed by atoms with Crippen LogP contribution in [0.15, 0.2) is 18.2 Å². The minimum atomic E-state index is 0.116. The molecule has 2 nitrogen and oxygen atoms in total. The van der Waals surface area contributed by atoms with Gasteiger partial charge in [0.25, 0.3) is 0 Å². The summed E-state index contributed by atoms with van der Waals surface area (Å²) in [5, 5.41) is 4.09. The molecule has 0 aliphatic heterocycles. The second-order valence-corrected chi connectivity index (χ2v) is 5.21. The zero-order chi connectivity index (χ0) is 12.2. The average Bonchev–Trinajstić information content (AvgIpc) is 2.18. The van der Waals surface area contributed by atoms with Gasteiger partial charge in [-0.3, -0.25) is 0 Å². The Morgan fingerprint density at radius 3 is 2.50 bits per heavy atom. The molecule has 0 aliphatic carbocycles. The van der Waals surface area contributed by atoms with E-state index in [0.29, 0.717) is 11.6 Å². The molecule has 90 valence electrons. The van der Waals surface area contributed by atoms with Crippen LogP contribution >= 0.6 is 11.6 Å². The molecule has 0 aliphatic rings. The molecule has 0 fully saturated rings. The molecule has 1 rings (SSSR count). The molecule has 1 aromatic rings. The quantitative estimate of drug-likeness (QED) is 0.869. The summed E-state index contributed by atoms with van der Waals surface area (Å²) in [6.07, 6.45) is 0. The van der Waals surface area contributed by atoms with Crippen molar-refractivity contribution in [1.29, 1.82) is 0 Å². The van der Waals surface area contributed by atoms with E-state index in [1.54, 1.807) is 0 Å². The van der Waals surface area contributed by atoms with E-state index in [2.05, 4.69) is 26.1 Å². The molecular weight excluding hydrogens is 222 g/mol. The summed E-state index contributed by atoms with van der Waals surface area (Å²) in [6.45, 7) is 9.83. The molecule has 0 saturated carbocycles. The van der Waals surface area contributed by atoms with Gasteiger partial charge in [0.15, 0.2) is 0 Å². The monoisotopic (exact) mass is 241 g/mol. The largest absolute Gasteiger partial charge is 0.492 e. The van der Waals surface area contributed by atoms with Crippen LogP contribution in [0.4, 0.5) is 0 Å². The number of rotatable bonds is 4. The molecule has 0 bridgehead atoms. The maximum Gasteiger partial charge on any atom is 0.137 e. The fraction of sp³-hybridized carbons (Fsp3) is 0.538. The Hall–Kier alpha value is -0.730. The molecule has 1 N–H and O–H groups in total. The highest BCUT2D eigenvalue weighted by molar-refractivity contribution is 6.32. The van der Waals surface area contributed by atoms with E-state index >= 15 is 0 Å². The van der Waals surface area contributed by atoms with Gasteiger partial charge >= 0.3 is 0 Å². The first-order valence-electron chi connectivity index (χ1n) is 5.58. The van der Waals surface area contributed by atoms with Crippen molar-refractivity contribution in [1.82, 2.24) is 5.32 Å². The highest BCUT2D eigenvalue weighted by atomic mass is 35.5. The summed E-state index contributed by atoms with van der Waals surface area (Å²) >= 11 is 6.11. The average molecular weight is 242 g/mol. The SMILES string of the molecule is CCOc1ccc(CNC(C)(C)C)cc1Cl. The van der Waals surface area contributed by atoms with E-state index in [1.165, 1.54) is 5.56 Å². The topological polar surface area (TPSA) is 21.3 Å². The van der Waals surface area contributed by atoms with Crippen LogP contribution in [-0.2, 0) is 6.54 Å². The highest BCUT2D eigenvalue weighted by Gasteiger charge is 2.09. The molecule has 0 amide bonds. The number of halogens is 1. The molecular formula is C13H20ClNO. The maximum atomic E-state index is 6.11. The molecule has 0 radical (unpaired) electrons. The fourth-order valence-electron chi connectivity index (χ4n) is 1.29. The summed E-state index contributed by atoms with van der Waals surface area (Å²) in [5.41, 5.74) is 1.29. The van der Waals surface area contributed by atoms with Crippen molar-refractivity contribution >= 4 is 11.6 Å². The van der Waals surface area contributed by atoms with Crippen molar-refractivity contribution < 1.29 is 4.74 Å². The van der Waals surface area contributed by atoms with E-state index in [4.69, 9.17) is 16.3 Å². The Morgan fingerprint density at radius 2 is 2.00 bits per heavy atom. The summed E-state index contributed by atoms with van der Waals surface area (Å²) < 4.78 is 5.38. The normalized spacial score (nSPS) is 11.6. The number of hydrogen-bond acceptors (Lipinski definition) is 2. The van der Waals surface area contributed by atoms with E-state index in [1.807, 2.05) is 25.1 Å². The first-order chi connectivity index (χ1) is 7.42. The van der Waals surface area contributed by atoms with Gasteiger partial charge in [0.05, 0.1) is 11.6 Å². The Balaban J connectivity index is 2.66. The van der Waals surface area contributed by atoms with Crippen molar-refractivity contribution in [2.75, 3.05) is 6.61 Å². The predicted octanol–water partition coefficient (Wildman–Crippen LogP) is 3.63. The van der Waals surface area contributed by atoms with Crippen LogP contribution in [0.25, 0.3) is 0 Å². The summed E-state index contributed by atoms with van der Waals surface area (Å²) in [4.78, 5) is 0. The minimum Gasteiger partial charge on any atom is -0.492 e. The molecule has 0 heterocycles. The van der Waals surface area contributed by atoms with Gasteiger partial charge in [-0.05, 0) is 45.4 Å². The molecule has 1 aromatic carbocycles. The lowest BCUT2D eigenvalue weighted by Crippen LogP contribution is -2.35. The molecule has 3 heteroatoms. The van der Waals surface area contributed by atoms with E-state index in [9.17, 15) is 0 Å². The van der Waals surface area contributed by atoms with Gasteiger partial charge in [-0.15, -0.1) is 0 Å². The number of nitrogens with one attached hydrogen (secondary N) is 1. The molecule has 0 unspecified atom stereocenters. The predicted molar refractivity (Wildman–Crippen MR) is 69.2 cm³/mol. The first-order valence-corrected chi connectivity index (χ1v) is 5.96. The molecule has 16 heavy (non-hydrogen) atoms. The molecule has 0 saturated heterocycles. The van der Waals surface area contributed by atoms with Gasteiger partial charge in [0, 0.05) is 12.1 Å². The number of hydrogen-bond donors (Lipinski definition) is 1. The lowest BCUT2D eigenvalue weighted by Gasteiger charge is -2.20. The van der Waals surface area contributed by atoms with Crippen molar-refractivity contribution in [3.63, 3.8) is 0 Å². The van der Waals surface area contributed by atoms with Gasteiger partial charge in [-0.1, -0.05) is 17.7 Å². The van der Waals surface area contributed by atoms with Crippen molar-refractivity contribution in [2.24, 2.45) is 0 Å². The Kier molecular flexibility index (Phi) is 4.63. The fourth-order valence-corrected chi connectivity index (χ4v) is 1.55. The second-order valence-electron chi connectivity index (χ2n) is 4.80. The summed E-state index contributed by atoms with van der Waals surface area (Å²) in [7, 11) is 0. The standard InChI is InChI=1S/C13H20ClNO/c1-5-16-12-7-6-10(8-11(12)14)9-15-13(2,3)4/h6-8,15H,5,9H2,1-4H3. The molecule has 0 atom stereocenters. The lowest BCUT2D eigenvalue weighted by atomic mass is 10.1. The lowest BCUT2D eigenvalue weighted by molar-refractivity contribution is 0.340. The van der Waals surface area contributed by atoms with E-state index < -0.39 is 0 Å². The molecule has 0 aromatic heterocycles. The van der Waals surface area contributed by atoms with Crippen LogP contribution < -0.4 is 10.1 Å². The van der Waals surface area contributed by atoms with E-state index in [-0.39, 0.29) is 5.54 Å². The zero-order valence-corrected chi connectivity index (χ0v) is 11.2. The van der Waals surface area contributed by atoms with Crippen LogP contribution in [0, 0.1) is 0 Å². The highest BCUT2D eigenvalue weighted by Crippen LogP contribution is 2.25. The maximum absolute atomic E-state index is 6.11. The third-order valence-electron chi connectivity index (χ3n) is 2.12. The zero-order valence-electron chi connectivity index (χ0n) is 10.4. The van der Waals surface area contributed by atoms with Crippen molar-refractivity contribution in [2.45, 2.75) is 39.8 Å². The third kappa shape index (κ3) is 4.42. The van der Waals surface area contributed by atoms with Gasteiger partial charge in [-0.2, -0.15) is 0 Å². The first kappa shape index (κ1) is 13.3. The van der Waals surface area contributed by atoms with Crippen LogP contribution in [0.2, 0.25) is 5.02 Å². The van der Waals surface area contributed by atoms with Gasteiger partial charge in [-0.25, -0.2) is 0 Å². The van der Waals surface area contributed by atoms with Crippen LogP contribution in [-0.4, -0.2) is 12.1 Å². The second kappa shape index (κ2) is 5.55. The Bertz CT molecular complexity index is 344.